The molecule has 3 rings (SSSR count). The van der Waals surface area contributed by atoms with E-state index in [1.165, 1.54) is 36.4 Å². The first-order valence-corrected chi connectivity index (χ1v) is 11.0. The van der Waals surface area contributed by atoms with Gasteiger partial charge in [-0.3, -0.25) is 14.8 Å². The molecule has 0 saturated heterocycles. The van der Waals surface area contributed by atoms with Gasteiger partial charge in [0.2, 0.25) is 0 Å². The lowest BCUT2D eigenvalue weighted by Crippen LogP contribution is -2.13. The maximum Gasteiger partial charge on any atom is 0.271 e. The molecule has 0 radical (unpaired) electrons. The number of anilines is 1. The number of sulfonamides is 1. The molecule has 0 saturated carbocycles. The van der Waals surface area contributed by atoms with Crippen LogP contribution in [0, 0.1) is 10.1 Å². The molecule has 156 valence electrons. The summed E-state index contributed by atoms with van der Waals surface area (Å²) in [7, 11) is -4.00. The number of rotatable bonds is 6. The molecule has 12 heteroatoms. The number of non-ortho nitro benzene ring substituents is 1. The van der Waals surface area contributed by atoms with Crippen molar-refractivity contribution in [3.8, 4) is 11.5 Å². The summed E-state index contributed by atoms with van der Waals surface area (Å²) >= 11 is 24.2. The molecule has 0 aliphatic carbocycles. The van der Waals surface area contributed by atoms with E-state index in [0.717, 1.165) is 18.2 Å². The molecule has 0 spiro atoms. The van der Waals surface area contributed by atoms with Crippen molar-refractivity contribution in [3.63, 3.8) is 0 Å². The third kappa shape index (κ3) is 5.08. The lowest BCUT2D eigenvalue weighted by atomic mass is 10.3. The Morgan fingerprint density at radius 2 is 1.47 bits per heavy atom. The normalized spacial score (nSPS) is 11.2. The summed E-state index contributed by atoms with van der Waals surface area (Å²) in [5.41, 5.74) is 0.0730. The van der Waals surface area contributed by atoms with Crippen molar-refractivity contribution in [2.75, 3.05) is 4.72 Å². The molecule has 0 unspecified atom stereocenters. The van der Waals surface area contributed by atoms with Crippen LogP contribution in [0.3, 0.4) is 0 Å². The number of nitrogens with zero attached hydrogens (tertiary/aromatic N) is 1. The molecule has 0 aliphatic heterocycles. The number of nitrogens with one attached hydrogen (secondary N) is 1. The quantitative estimate of drug-likeness (QED) is 0.292. The van der Waals surface area contributed by atoms with Crippen LogP contribution < -0.4 is 9.46 Å². The number of ether oxygens (including phenoxy) is 1. The summed E-state index contributed by atoms with van der Waals surface area (Å²) < 4.78 is 33.2. The summed E-state index contributed by atoms with van der Waals surface area (Å²) in [6, 6.07) is 11.9. The first-order chi connectivity index (χ1) is 14.1. The molecule has 0 fully saturated rings. The van der Waals surface area contributed by atoms with Gasteiger partial charge >= 0.3 is 0 Å². The van der Waals surface area contributed by atoms with Crippen molar-refractivity contribution in [1.29, 1.82) is 0 Å². The van der Waals surface area contributed by atoms with Gasteiger partial charge in [-0.05, 0) is 42.5 Å². The van der Waals surface area contributed by atoms with Crippen LogP contribution in [0.15, 0.2) is 59.5 Å². The van der Waals surface area contributed by atoms with Crippen molar-refractivity contribution < 1.29 is 18.1 Å². The smallest absolute Gasteiger partial charge is 0.271 e. The number of nitro groups is 1. The van der Waals surface area contributed by atoms with Gasteiger partial charge in [0.15, 0.2) is 5.75 Å². The van der Waals surface area contributed by atoms with E-state index in [0.29, 0.717) is 10.7 Å². The van der Waals surface area contributed by atoms with Gasteiger partial charge in [-0.2, -0.15) is 0 Å². The van der Waals surface area contributed by atoms with Crippen molar-refractivity contribution in [2.24, 2.45) is 0 Å². The van der Waals surface area contributed by atoms with E-state index in [1.54, 1.807) is 0 Å². The number of nitro benzene ring substituents is 1. The Labute approximate surface area is 191 Å². The molecule has 0 atom stereocenters. The average molecular weight is 508 g/mol. The number of halogens is 4. The molecule has 0 heterocycles. The summed E-state index contributed by atoms with van der Waals surface area (Å²) in [5.74, 6) is 0.000456. The Bertz CT molecular complexity index is 1210. The molecule has 30 heavy (non-hydrogen) atoms. The Morgan fingerprint density at radius 3 is 2.00 bits per heavy atom. The maximum absolute atomic E-state index is 12.6. The minimum absolute atomic E-state index is 0.0440. The number of benzene rings is 3. The standard InChI is InChI=1S/C18H10Cl4N2O5S/c19-10-1-3-11(4-2-10)23-30(27,28)13-8-15(21)18(16(22)9-13)29-17-6-5-12(24(25)26)7-14(17)20/h1-9,23H. The van der Waals surface area contributed by atoms with Crippen LogP contribution >= 0.6 is 46.4 Å². The van der Waals surface area contributed by atoms with Gasteiger partial charge < -0.3 is 4.74 Å². The summed E-state index contributed by atoms with van der Waals surface area (Å²) in [4.78, 5) is 10.00. The minimum atomic E-state index is -4.00. The van der Waals surface area contributed by atoms with Crippen molar-refractivity contribution in [2.45, 2.75) is 4.90 Å². The highest BCUT2D eigenvalue weighted by molar-refractivity contribution is 7.92. The molecular weight excluding hydrogens is 498 g/mol. The SMILES string of the molecule is O=[N+]([O-])c1ccc(Oc2c(Cl)cc(S(=O)(=O)Nc3ccc(Cl)cc3)cc2Cl)c(Cl)c1. The highest BCUT2D eigenvalue weighted by Gasteiger charge is 2.21. The predicted molar refractivity (Wildman–Crippen MR) is 117 cm³/mol. The van der Waals surface area contributed by atoms with Gasteiger partial charge in [-0.1, -0.05) is 46.4 Å². The third-order valence-corrected chi connectivity index (χ3v) is 6.19. The number of hydrogen-bond acceptors (Lipinski definition) is 5. The molecule has 0 aromatic heterocycles. The van der Waals surface area contributed by atoms with Crippen LogP contribution in [0.2, 0.25) is 20.1 Å². The van der Waals surface area contributed by atoms with Gasteiger partial charge in [-0.15, -0.1) is 0 Å². The zero-order valence-electron chi connectivity index (χ0n) is 14.6. The Morgan fingerprint density at radius 1 is 0.867 bits per heavy atom. The average Bonchev–Trinajstić information content (AvgIpc) is 2.67. The topological polar surface area (TPSA) is 98.5 Å². The Kier molecular flexibility index (Phi) is 6.64. The van der Waals surface area contributed by atoms with Crippen LogP contribution in [0.1, 0.15) is 0 Å². The molecule has 0 amide bonds. The lowest BCUT2D eigenvalue weighted by Gasteiger charge is -2.13. The van der Waals surface area contributed by atoms with Crippen LogP contribution in [0.5, 0.6) is 11.5 Å². The van der Waals surface area contributed by atoms with E-state index in [4.69, 9.17) is 51.1 Å². The van der Waals surface area contributed by atoms with Gasteiger partial charge in [0.25, 0.3) is 15.7 Å². The fourth-order valence-electron chi connectivity index (χ4n) is 2.32. The second-order valence-electron chi connectivity index (χ2n) is 5.80. The van der Waals surface area contributed by atoms with Crippen molar-refractivity contribution in [1.82, 2.24) is 0 Å². The van der Waals surface area contributed by atoms with E-state index in [-0.39, 0.29) is 37.1 Å². The van der Waals surface area contributed by atoms with Gasteiger partial charge in [0, 0.05) is 22.8 Å². The molecule has 0 bridgehead atoms. The largest absolute Gasteiger partial charge is 0.453 e. The third-order valence-electron chi connectivity index (χ3n) is 3.72. The minimum Gasteiger partial charge on any atom is -0.453 e. The highest BCUT2D eigenvalue weighted by atomic mass is 35.5. The molecule has 7 nitrogen and oxygen atoms in total. The molecule has 3 aromatic carbocycles. The van der Waals surface area contributed by atoms with E-state index in [2.05, 4.69) is 4.72 Å². The summed E-state index contributed by atoms with van der Waals surface area (Å²) in [6.07, 6.45) is 0. The maximum atomic E-state index is 12.6. The van der Waals surface area contributed by atoms with Gasteiger partial charge in [0.1, 0.15) is 5.75 Å². The van der Waals surface area contributed by atoms with Crippen LogP contribution in [-0.4, -0.2) is 13.3 Å². The first-order valence-electron chi connectivity index (χ1n) is 7.96. The van der Waals surface area contributed by atoms with Gasteiger partial charge in [-0.25, -0.2) is 8.42 Å². The Balaban J connectivity index is 1.90. The van der Waals surface area contributed by atoms with E-state index in [1.807, 2.05) is 0 Å². The molecule has 0 aliphatic rings. The lowest BCUT2D eigenvalue weighted by molar-refractivity contribution is -0.384. The molecule has 3 aromatic rings. The molecular formula is C18H10Cl4N2O5S. The zero-order valence-corrected chi connectivity index (χ0v) is 18.4. The van der Waals surface area contributed by atoms with E-state index < -0.39 is 14.9 Å². The zero-order chi connectivity index (χ0) is 22.1. The van der Waals surface area contributed by atoms with E-state index >= 15 is 0 Å². The predicted octanol–water partition coefficient (Wildman–Crippen LogP) is 6.80. The second kappa shape index (κ2) is 8.87. The van der Waals surface area contributed by atoms with Gasteiger partial charge in [0.05, 0.1) is 24.9 Å². The number of hydrogen-bond donors (Lipinski definition) is 1. The van der Waals surface area contributed by atoms with Crippen molar-refractivity contribution in [3.05, 3.63) is 84.8 Å². The highest BCUT2D eigenvalue weighted by Crippen LogP contribution is 2.41. The molecule has 1 N–H and O–H groups in total. The fraction of sp³-hybridized carbons (Fsp3) is 0. The second-order valence-corrected chi connectivity index (χ2v) is 9.14. The summed E-state index contributed by atoms with van der Waals surface area (Å²) in [6.45, 7) is 0. The summed E-state index contributed by atoms with van der Waals surface area (Å²) in [5, 5.41) is 11.0. The Hall–Kier alpha value is -2.23. The monoisotopic (exact) mass is 506 g/mol. The first kappa shape index (κ1) is 22.5. The van der Waals surface area contributed by atoms with E-state index in [9.17, 15) is 18.5 Å². The fourth-order valence-corrected chi connectivity index (χ4v) is 4.46. The van der Waals surface area contributed by atoms with Crippen molar-refractivity contribution >= 4 is 67.8 Å². The van der Waals surface area contributed by atoms with Crippen LogP contribution in [-0.2, 0) is 10.0 Å². The van der Waals surface area contributed by atoms with Crippen LogP contribution in [0.25, 0.3) is 0 Å². The van der Waals surface area contributed by atoms with Crippen LogP contribution in [0.4, 0.5) is 11.4 Å².